The van der Waals surface area contributed by atoms with Crippen LogP contribution in [0.1, 0.15) is 46.5 Å². The van der Waals surface area contributed by atoms with Crippen LogP contribution in [0.5, 0.6) is 0 Å². The maximum Gasteiger partial charge on any atom is 0.223 e. The Morgan fingerprint density at radius 3 is 2.29 bits per heavy atom. The van der Waals surface area contributed by atoms with Gasteiger partial charge in [0.1, 0.15) is 11.6 Å². The van der Waals surface area contributed by atoms with Crippen LogP contribution in [0.15, 0.2) is 6.07 Å². The molecular formula is C15H27N5O. The van der Waals surface area contributed by atoms with E-state index in [0.29, 0.717) is 23.6 Å². The highest BCUT2D eigenvalue weighted by molar-refractivity contribution is 5.51. The zero-order chi connectivity index (χ0) is 15.5. The lowest BCUT2D eigenvalue weighted by Crippen LogP contribution is -2.42. The molecule has 0 saturated heterocycles. The van der Waals surface area contributed by atoms with Crippen LogP contribution in [0.25, 0.3) is 0 Å². The molecule has 0 spiro atoms. The van der Waals surface area contributed by atoms with Gasteiger partial charge in [-0.15, -0.1) is 0 Å². The summed E-state index contributed by atoms with van der Waals surface area (Å²) < 4.78 is 0. The van der Waals surface area contributed by atoms with Crippen molar-refractivity contribution in [1.29, 1.82) is 0 Å². The zero-order valence-electron chi connectivity index (χ0n) is 13.2. The molecule has 6 heteroatoms. The second-order valence-corrected chi connectivity index (χ2v) is 6.77. The van der Waals surface area contributed by atoms with E-state index < -0.39 is 5.60 Å². The number of hydrogen-bond acceptors (Lipinski definition) is 6. The molecular weight excluding hydrogens is 266 g/mol. The van der Waals surface area contributed by atoms with Crippen molar-refractivity contribution in [2.45, 2.75) is 52.1 Å². The normalized spacial score (nSPS) is 20.0. The van der Waals surface area contributed by atoms with Crippen molar-refractivity contribution >= 4 is 17.6 Å². The van der Waals surface area contributed by atoms with E-state index in [1.807, 2.05) is 13.0 Å². The largest absolute Gasteiger partial charge is 0.388 e. The highest BCUT2D eigenvalue weighted by Gasteiger charge is 2.36. The first-order valence-electron chi connectivity index (χ1n) is 7.67. The Kier molecular flexibility index (Phi) is 4.56. The average molecular weight is 293 g/mol. The van der Waals surface area contributed by atoms with Gasteiger partial charge in [0.2, 0.25) is 5.95 Å². The topological polar surface area (TPSA) is 96.1 Å². The molecule has 2 rings (SSSR count). The number of nitrogens with zero attached hydrogens (tertiary/aromatic N) is 2. The first-order valence-corrected chi connectivity index (χ1v) is 7.67. The lowest BCUT2D eigenvalue weighted by atomic mass is 9.71. The Morgan fingerprint density at radius 2 is 1.71 bits per heavy atom. The van der Waals surface area contributed by atoms with Crippen LogP contribution in [0.3, 0.4) is 0 Å². The molecule has 1 aliphatic rings. The summed E-state index contributed by atoms with van der Waals surface area (Å²) in [4.78, 5) is 8.27. The molecule has 6 nitrogen and oxygen atoms in total. The molecule has 1 saturated carbocycles. The van der Waals surface area contributed by atoms with Crippen LogP contribution in [-0.2, 0) is 0 Å². The summed E-state index contributed by atoms with van der Waals surface area (Å²) in [6, 6.07) is 1.82. The molecule has 0 aromatic carbocycles. The van der Waals surface area contributed by atoms with Crippen molar-refractivity contribution in [3.63, 3.8) is 0 Å². The van der Waals surface area contributed by atoms with Gasteiger partial charge in [-0.25, -0.2) is 0 Å². The lowest BCUT2D eigenvalue weighted by Gasteiger charge is -2.40. The Labute approximate surface area is 126 Å². The summed E-state index contributed by atoms with van der Waals surface area (Å²) >= 11 is 0. The fourth-order valence-electron chi connectivity index (χ4n) is 2.65. The van der Waals surface area contributed by atoms with Gasteiger partial charge in [0.25, 0.3) is 0 Å². The first kappa shape index (κ1) is 15.8. The third-order valence-electron chi connectivity index (χ3n) is 4.23. The second-order valence-electron chi connectivity index (χ2n) is 6.77. The Balaban J connectivity index is 1.96. The Morgan fingerprint density at radius 1 is 1.14 bits per heavy atom. The van der Waals surface area contributed by atoms with Gasteiger partial charge >= 0.3 is 0 Å². The molecule has 1 fully saturated rings. The van der Waals surface area contributed by atoms with E-state index in [-0.39, 0.29) is 5.95 Å². The standard InChI is InChI=1S/C15H27N5O/c1-4-17-11-9-12(20-13(16)19-11)18-10-15(21)7-5-14(2,3)6-8-15/h9,21H,4-8,10H2,1-3H3,(H4,16,17,18,19,20). The van der Waals surface area contributed by atoms with E-state index in [4.69, 9.17) is 5.73 Å². The van der Waals surface area contributed by atoms with Gasteiger partial charge in [-0.05, 0) is 38.0 Å². The SMILES string of the molecule is CCNc1cc(NCC2(O)CCC(C)(C)CC2)nc(N)n1. The van der Waals surface area contributed by atoms with E-state index >= 15 is 0 Å². The van der Waals surface area contributed by atoms with Gasteiger partial charge in [-0.1, -0.05) is 13.8 Å². The van der Waals surface area contributed by atoms with Gasteiger partial charge in [-0.3, -0.25) is 0 Å². The predicted molar refractivity (Wildman–Crippen MR) is 86.3 cm³/mol. The minimum absolute atomic E-state index is 0.229. The van der Waals surface area contributed by atoms with Crippen molar-refractivity contribution in [3.05, 3.63) is 6.07 Å². The molecule has 118 valence electrons. The summed E-state index contributed by atoms with van der Waals surface area (Å²) in [5.41, 5.74) is 5.38. The van der Waals surface area contributed by atoms with E-state index in [1.165, 1.54) is 0 Å². The first-order chi connectivity index (χ1) is 9.82. The summed E-state index contributed by atoms with van der Waals surface area (Å²) in [5, 5.41) is 17.0. The van der Waals surface area contributed by atoms with Crippen LogP contribution in [-0.4, -0.2) is 33.8 Å². The summed E-state index contributed by atoms with van der Waals surface area (Å²) in [6.07, 6.45) is 3.71. The number of nitrogen functional groups attached to an aromatic ring is 1. The fourth-order valence-corrected chi connectivity index (χ4v) is 2.65. The number of nitrogens with one attached hydrogen (secondary N) is 2. The Hall–Kier alpha value is -1.56. The Bertz CT molecular complexity index is 479. The van der Waals surface area contributed by atoms with Gasteiger partial charge in [0.15, 0.2) is 0 Å². The highest BCUT2D eigenvalue weighted by Crippen LogP contribution is 2.40. The van der Waals surface area contributed by atoms with Crippen molar-refractivity contribution in [1.82, 2.24) is 9.97 Å². The maximum absolute atomic E-state index is 10.7. The molecule has 0 bridgehead atoms. The number of nitrogens with two attached hydrogens (primary N) is 1. The third-order valence-corrected chi connectivity index (χ3v) is 4.23. The molecule has 21 heavy (non-hydrogen) atoms. The number of anilines is 3. The second kappa shape index (κ2) is 6.05. The molecule has 0 amide bonds. The van der Waals surface area contributed by atoms with E-state index in [0.717, 1.165) is 32.2 Å². The molecule has 5 N–H and O–H groups in total. The molecule has 1 heterocycles. The van der Waals surface area contributed by atoms with Crippen molar-refractivity contribution < 1.29 is 5.11 Å². The molecule has 1 aromatic rings. The quantitative estimate of drug-likeness (QED) is 0.665. The molecule has 0 aliphatic heterocycles. The monoisotopic (exact) mass is 293 g/mol. The van der Waals surface area contributed by atoms with Crippen LogP contribution >= 0.6 is 0 Å². The lowest BCUT2D eigenvalue weighted by molar-refractivity contribution is -0.0145. The number of rotatable bonds is 5. The predicted octanol–water partition coefficient (Wildman–Crippen LogP) is 2.23. The number of hydrogen-bond donors (Lipinski definition) is 4. The summed E-state index contributed by atoms with van der Waals surface area (Å²) in [5.74, 6) is 1.58. The van der Waals surface area contributed by atoms with Gasteiger partial charge < -0.3 is 21.5 Å². The minimum atomic E-state index is -0.659. The van der Waals surface area contributed by atoms with Gasteiger partial charge in [0, 0.05) is 19.2 Å². The fraction of sp³-hybridized carbons (Fsp3) is 0.733. The van der Waals surface area contributed by atoms with Crippen molar-refractivity contribution in [2.24, 2.45) is 5.41 Å². The minimum Gasteiger partial charge on any atom is -0.388 e. The number of aliphatic hydroxyl groups is 1. The van der Waals surface area contributed by atoms with Crippen LogP contribution in [0.2, 0.25) is 0 Å². The van der Waals surface area contributed by atoms with Crippen LogP contribution in [0, 0.1) is 5.41 Å². The number of aromatic nitrogens is 2. The maximum atomic E-state index is 10.7. The van der Waals surface area contributed by atoms with E-state index in [1.54, 1.807) is 0 Å². The van der Waals surface area contributed by atoms with Crippen molar-refractivity contribution in [2.75, 3.05) is 29.5 Å². The smallest absolute Gasteiger partial charge is 0.223 e. The average Bonchev–Trinajstić information content (AvgIpc) is 2.41. The zero-order valence-corrected chi connectivity index (χ0v) is 13.2. The van der Waals surface area contributed by atoms with E-state index in [9.17, 15) is 5.11 Å². The molecule has 1 aliphatic carbocycles. The molecule has 0 atom stereocenters. The molecule has 1 aromatic heterocycles. The van der Waals surface area contributed by atoms with Gasteiger partial charge in [0.05, 0.1) is 5.60 Å². The van der Waals surface area contributed by atoms with Crippen LogP contribution < -0.4 is 16.4 Å². The molecule has 0 unspecified atom stereocenters. The summed E-state index contributed by atoms with van der Waals surface area (Å²) in [6.45, 7) is 7.78. The third kappa shape index (κ3) is 4.46. The van der Waals surface area contributed by atoms with Gasteiger partial charge in [-0.2, -0.15) is 9.97 Å². The van der Waals surface area contributed by atoms with E-state index in [2.05, 4.69) is 34.4 Å². The van der Waals surface area contributed by atoms with Crippen molar-refractivity contribution in [3.8, 4) is 0 Å². The summed E-state index contributed by atoms with van der Waals surface area (Å²) in [7, 11) is 0. The molecule has 0 radical (unpaired) electrons. The van der Waals surface area contributed by atoms with Crippen LogP contribution in [0.4, 0.5) is 17.6 Å². The highest BCUT2D eigenvalue weighted by atomic mass is 16.3.